The molecule has 15 heavy (non-hydrogen) atoms. The second kappa shape index (κ2) is 4.68. The lowest BCUT2D eigenvalue weighted by Gasteiger charge is -2.16. The Morgan fingerprint density at radius 2 is 2.20 bits per heavy atom. The van der Waals surface area contributed by atoms with Crippen LogP contribution in [0.3, 0.4) is 0 Å². The first-order valence-electron chi connectivity index (χ1n) is 4.86. The van der Waals surface area contributed by atoms with Crippen LogP contribution in [0.1, 0.15) is 12.5 Å². The average Bonchev–Trinajstić information content (AvgIpc) is 2.20. The Hall–Kier alpha value is -1.71. The number of anilines is 1. The zero-order valence-electron chi connectivity index (χ0n) is 9.24. The van der Waals surface area contributed by atoms with Crippen molar-refractivity contribution in [3.05, 3.63) is 23.8 Å². The number of urea groups is 1. The maximum atomic E-state index is 11.5. The van der Waals surface area contributed by atoms with E-state index >= 15 is 0 Å². The molecule has 0 radical (unpaired) electrons. The summed E-state index contributed by atoms with van der Waals surface area (Å²) in [5, 5.41) is 12.2. The number of hydrogen-bond acceptors (Lipinski definition) is 2. The number of carbonyl (C=O) groups is 1. The molecule has 1 aromatic carbocycles. The molecule has 0 aliphatic rings. The van der Waals surface area contributed by atoms with Gasteiger partial charge in [-0.05, 0) is 31.5 Å². The van der Waals surface area contributed by atoms with Crippen molar-refractivity contribution < 1.29 is 9.90 Å². The minimum atomic E-state index is -0.225. The minimum absolute atomic E-state index is 0.0906. The summed E-state index contributed by atoms with van der Waals surface area (Å²) < 4.78 is 0. The third-order valence-electron chi connectivity index (χ3n) is 2.22. The molecular formula is C11H16N2O2. The molecule has 0 bridgehead atoms. The third kappa shape index (κ3) is 2.87. The van der Waals surface area contributed by atoms with Crippen LogP contribution >= 0.6 is 0 Å². The lowest BCUT2D eigenvalue weighted by atomic mass is 10.2. The number of aromatic hydroxyl groups is 1. The molecule has 4 heteroatoms. The van der Waals surface area contributed by atoms with Crippen molar-refractivity contribution in [2.75, 3.05) is 18.9 Å². The maximum absolute atomic E-state index is 11.5. The zero-order valence-corrected chi connectivity index (χ0v) is 9.24. The summed E-state index contributed by atoms with van der Waals surface area (Å²) in [7, 11) is 1.70. The molecule has 2 N–H and O–H groups in total. The quantitative estimate of drug-likeness (QED) is 0.732. The van der Waals surface area contributed by atoms with E-state index in [1.807, 2.05) is 19.9 Å². The number of benzene rings is 1. The predicted octanol–water partition coefficient (Wildman–Crippen LogP) is 2.18. The van der Waals surface area contributed by atoms with Crippen LogP contribution < -0.4 is 5.32 Å². The van der Waals surface area contributed by atoms with Crippen LogP contribution in [0.4, 0.5) is 10.5 Å². The molecule has 0 atom stereocenters. The number of phenols is 1. The van der Waals surface area contributed by atoms with Gasteiger partial charge in [0.15, 0.2) is 0 Å². The Labute approximate surface area is 89.5 Å². The summed E-state index contributed by atoms with van der Waals surface area (Å²) in [6.07, 6.45) is 0. The van der Waals surface area contributed by atoms with Crippen LogP contribution in [0.25, 0.3) is 0 Å². The van der Waals surface area contributed by atoms with Crippen molar-refractivity contribution in [1.82, 2.24) is 4.90 Å². The Kier molecular flexibility index (Phi) is 3.55. The van der Waals surface area contributed by atoms with Crippen molar-refractivity contribution in [1.29, 1.82) is 0 Å². The summed E-state index contributed by atoms with van der Waals surface area (Å²) >= 11 is 0. The molecule has 0 aromatic heterocycles. The first-order valence-corrected chi connectivity index (χ1v) is 4.86. The fourth-order valence-electron chi connectivity index (χ4n) is 1.10. The Balaban J connectivity index is 2.77. The summed E-state index contributed by atoms with van der Waals surface area (Å²) in [4.78, 5) is 13.0. The van der Waals surface area contributed by atoms with E-state index in [0.717, 1.165) is 5.56 Å². The van der Waals surface area contributed by atoms with Gasteiger partial charge in [0.1, 0.15) is 5.75 Å². The van der Waals surface area contributed by atoms with Crippen LogP contribution in [0, 0.1) is 6.92 Å². The topological polar surface area (TPSA) is 52.6 Å². The van der Waals surface area contributed by atoms with E-state index in [1.165, 1.54) is 4.90 Å². The van der Waals surface area contributed by atoms with Gasteiger partial charge in [-0.3, -0.25) is 0 Å². The van der Waals surface area contributed by atoms with Gasteiger partial charge in [-0.2, -0.15) is 0 Å². The summed E-state index contributed by atoms with van der Waals surface area (Å²) in [5.74, 6) is 0.0906. The molecule has 0 aliphatic heterocycles. The highest BCUT2D eigenvalue weighted by atomic mass is 16.3. The predicted molar refractivity (Wildman–Crippen MR) is 60.2 cm³/mol. The molecule has 0 saturated carbocycles. The van der Waals surface area contributed by atoms with E-state index in [2.05, 4.69) is 5.32 Å². The smallest absolute Gasteiger partial charge is 0.321 e. The number of nitrogens with one attached hydrogen (secondary N) is 1. The van der Waals surface area contributed by atoms with Crippen LogP contribution in [-0.2, 0) is 0 Å². The molecule has 0 saturated heterocycles. The number of amides is 2. The normalized spacial score (nSPS) is 9.80. The SMILES string of the molecule is CCN(C)C(=O)Nc1ccc(C)cc1O. The van der Waals surface area contributed by atoms with Crippen molar-refractivity contribution >= 4 is 11.7 Å². The van der Waals surface area contributed by atoms with E-state index in [0.29, 0.717) is 12.2 Å². The van der Waals surface area contributed by atoms with Gasteiger partial charge in [-0.25, -0.2) is 4.79 Å². The van der Waals surface area contributed by atoms with Crippen molar-refractivity contribution in [3.8, 4) is 5.75 Å². The highest BCUT2D eigenvalue weighted by molar-refractivity contribution is 5.90. The third-order valence-corrected chi connectivity index (χ3v) is 2.22. The fraction of sp³-hybridized carbons (Fsp3) is 0.364. The molecule has 4 nitrogen and oxygen atoms in total. The number of hydrogen-bond donors (Lipinski definition) is 2. The molecule has 1 rings (SSSR count). The van der Waals surface area contributed by atoms with Crippen LogP contribution in [0.15, 0.2) is 18.2 Å². The molecular weight excluding hydrogens is 192 g/mol. The molecule has 0 spiro atoms. The average molecular weight is 208 g/mol. The summed E-state index contributed by atoms with van der Waals surface area (Å²) in [6.45, 7) is 4.39. The molecule has 2 amide bonds. The molecule has 1 aromatic rings. The van der Waals surface area contributed by atoms with E-state index in [4.69, 9.17) is 0 Å². The van der Waals surface area contributed by atoms with Gasteiger partial charge in [0.2, 0.25) is 0 Å². The van der Waals surface area contributed by atoms with E-state index in [-0.39, 0.29) is 11.8 Å². The largest absolute Gasteiger partial charge is 0.506 e. The van der Waals surface area contributed by atoms with Crippen molar-refractivity contribution in [2.24, 2.45) is 0 Å². The van der Waals surface area contributed by atoms with E-state index in [1.54, 1.807) is 19.2 Å². The lowest BCUT2D eigenvalue weighted by molar-refractivity contribution is 0.224. The first-order chi connectivity index (χ1) is 7.04. The standard InChI is InChI=1S/C11H16N2O2/c1-4-13(3)11(15)12-9-6-5-8(2)7-10(9)14/h5-7,14H,4H2,1-3H3,(H,12,15). The second-order valence-corrected chi connectivity index (χ2v) is 3.46. The second-order valence-electron chi connectivity index (χ2n) is 3.46. The Morgan fingerprint density at radius 3 is 2.73 bits per heavy atom. The van der Waals surface area contributed by atoms with Gasteiger partial charge in [0.05, 0.1) is 5.69 Å². The van der Waals surface area contributed by atoms with Crippen LogP contribution in [0.2, 0.25) is 0 Å². The lowest BCUT2D eigenvalue weighted by Crippen LogP contribution is -2.30. The number of nitrogens with zero attached hydrogens (tertiary/aromatic N) is 1. The minimum Gasteiger partial charge on any atom is -0.506 e. The number of rotatable bonds is 2. The molecule has 0 fully saturated rings. The molecule has 82 valence electrons. The van der Waals surface area contributed by atoms with Gasteiger partial charge < -0.3 is 15.3 Å². The number of phenolic OH excluding ortho intramolecular Hbond substituents is 1. The highest BCUT2D eigenvalue weighted by Gasteiger charge is 2.08. The summed E-state index contributed by atoms with van der Waals surface area (Å²) in [6, 6.07) is 4.91. The van der Waals surface area contributed by atoms with Gasteiger partial charge >= 0.3 is 6.03 Å². The van der Waals surface area contributed by atoms with Gasteiger partial charge in [-0.1, -0.05) is 6.07 Å². The molecule has 0 unspecified atom stereocenters. The fourth-order valence-corrected chi connectivity index (χ4v) is 1.10. The Morgan fingerprint density at radius 1 is 1.53 bits per heavy atom. The van der Waals surface area contributed by atoms with Crippen molar-refractivity contribution in [3.63, 3.8) is 0 Å². The number of aryl methyl sites for hydroxylation is 1. The monoisotopic (exact) mass is 208 g/mol. The molecule has 0 heterocycles. The van der Waals surface area contributed by atoms with Crippen LogP contribution in [-0.4, -0.2) is 29.6 Å². The van der Waals surface area contributed by atoms with E-state index in [9.17, 15) is 9.90 Å². The Bertz CT molecular complexity index is 364. The van der Waals surface area contributed by atoms with Gasteiger partial charge in [-0.15, -0.1) is 0 Å². The van der Waals surface area contributed by atoms with Gasteiger partial charge in [0, 0.05) is 13.6 Å². The zero-order chi connectivity index (χ0) is 11.4. The maximum Gasteiger partial charge on any atom is 0.321 e. The van der Waals surface area contributed by atoms with Gasteiger partial charge in [0.25, 0.3) is 0 Å². The van der Waals surface area contributed by atoms with Crippen LogP contribution in [0.5, 0.6) is 5.75 Å². The highest BCUT2D eigenvalue weighted by Crippen LogP contribution is 2.23. The summed E-state index contributed by atoms with van der Waals surface area (Å²) in [5.41, 5.74) is 1.39. The van der Waals surface area contributed by atoms with E-state index < -0.39 is 0 Å². The van der Waals surface area contributed by atoms with Crippen molar-refractivity contribution in [2.45, 2.75) is 13.8 Å². The first kappa shape index (κ1) is 11.4. The molecule has 0 aliphatic carbocycles. The number of carbonyl (C=O) groups excluding carboxylic acids is 1.